The third kappa shape index (κ3) is 2.97. The Morgan fingerprint density at radius 1 is 1.04 bits per heavy atom. The van der Waals surface area contributed by atoms with Gasteiger partial charge in [-0.05, 0) is 42.8 Å². The zero-order chi connectivity index (χ0) is 19.1. The van der Waals surface area contributed by atoms with Gasteiger partial charge in [0.2, 0.25) is 15.7 Å². The number of hydrogen-bond donors (Lipinski definition) is 0. The molecule has 0 fully saturated rings. The van der Waals surface area contributed by atoms with Crippen LogP contribution in [0.5, 0.6) is 0 Å². The van der Waals surface area contributed by atoms with Crippen molar-refractivity contribution in [3.05, 3.63) is 96.2 Å². The van der Waals surface area contributed by atoms with Crippen molar-refractivity contribution in [3.8, 4) is 0 Å². The lowest BCUT2D eigenvalue weighted by Crippen LogP contribution is -2.40. The molecule has 136 valence electrons. The number of quaternary nitrogens is 1. The van der Waals surface area contributed by atoms with Gasteiger partial charge < -0.3 is 0 Å². The maximum Gasteiger partial charge on any atom is 0.237 e. The number of benzene rings is 2. The number of halogens is 1. The first kappa shape index (κ1) is 17.6. The number of amidine groups is 1. The van der Waals surface area contributed by atoms with Crippen LogP contribution in [-0.2, 0) is 16.4 Å². The fourth-order valence-corrected chi connectivity index (χ4v) is 4.69. The van der Waals surface area contributed by atoms with Gasteiger partial charge in [0, 0.05) is 11.6 Å². The quantitative estimate of drug-likeness (QED) is 0.744. The molecule has 1 atom stereocenters. The van der Waals surface area contributed by atoms with E-state index in [1.54, 1.807) is 37.4 Å². The van der Waals surface area contributed by atoms with Gasteiger partial charge in [-0.25, -0.2) is 17.3 Å². The molecule has 0 aromatic heterocycles. The molecular formula is C21H18FN2O2S+. The molecule has 2 aliphatic heterocycles. The molecule has 0 spiro atoms. The third-order valence-electron chi connectivity index (χ3n) is 4.80. The van der Waals surface area contributed by atoms with Gasteiger partial charge in [0.1, 0.15) is 29.7 Å². The molecule has 2 aromatic rings. The maximum atomic E-state index is 14.3. The Bertz CT molecular complexity index is 1130. The minimum Gasteiger partial charge on any atom is -0.218 e. The molecule has 2 aliphatic rings. The Labute approximate surface area is 157 Å². The van der Waals surface area contributed by atoms with E-state index in [9.17, 15) is 12.8 Å². The average molecular weight is 381 g/mol. The Morgan fingerprint density at radius 3 is 2.59 bits per heavy atom. The van der Waals surface area contributed by atoms with Crippen LogP contribution < -0.4 is 0 Å². The van der Waals surface area contributed by atoms with Gasteiger partial charge in [-0.3, -0.25) is 0 Å². The minimum absolute atomic E-state index is 0.0793. The zero-order valence-electron chi connectivity index (χ0n) is 14.7. The SMILES string of the molecule is Cc1cccc(S(=O)(=O)c2ccc(C[N+]34C=CC=CC3=NC=C4)cc2)c1F. The Hall–Kier alpha value is -2.83. The fraction of sp³-hybridized carbons (Fsp3) is 0.0952. The van der Waals surface area contributed by atoms with E-state index in [-0.39, 0.29) is 9.79 Å². The summed E-state index contributed by atoms with van der Waals surface area (Å²) in [6.07, 6.45) is 11.7. The van der Waals surface area contributed by atoms with Crippen molar-refractivity contribution in [2.75, 3.05) is 0 Å². The normalized spacial score (nSPS) is 20.6. The molecule has 6 heteroatoms. The van der Waals surface area contributed by atoms with Crippen molar-refractivity contribution in [3.63, 3.8) is 0 Å². The first-order valence-corrected chi connectivity index (χ1v) is 9.99. The topological polar surface area (TPSA) is 46.5 Å². The fourth-order valence-electron chi connectivity index (χ4n) is 3.28. The lowest BCUT2D eigenvalue weighted by Gasteiger charge is -2.28. The third-order valence-corrected chi connectivity index (χ3v) is 6.59. The van der Waals surface area contributed by atoms with Gasteiger partial charge in [-0.1, -0.05) is 24.3 Å². The highest BCUT2D eigenvalue weighted by molar-refractivity contribution is 7.91. The average Bonchev–Trinajstić information content (AvgIpc) is 3.07. The standard InChI is InChI=1S/C21H18FN2O2S/c1-16-5-4-6-19(21(16)22)27(25,26)18-10-8-17(9-11-18)15-24-13-3-2-7-20(24)23-12-14-24/h2-14H,15H2,1H3/q+1. The number of sulfone groups is 1. The Morgan fingerprint density at radius 2 is 1.81 bits per heavy atom. The van der Waals surface area contributed by atoms with Gasteiger partial charge in [0.05, 0.1) is 11.1 Å². The van der Waals surface area contributed by atoms with E-state index in [4.69, 9.17) is 0 Å². The van der Waals surface area contributed by atoms with E-state index in [0.717, 1.165) is 11.4 Å². The number of nitrogens with zero attached hydrogens (tertiary/aromatic N) is 2. The predicted molar refractivity (Wildman–Crippen MR) is 102 cm³/mol. The highest BCUT2D eigenvalue weighted by Gasteiger charge is 2.33. The van der Waals surface area contributed by atoms with Gasteiger partial charge in [-0.15, -0.1) is 0 Å². The van der Waals surface area contributed by atoms with Crippen molar-refractivity contribution in [1.82, 2.24) is 0 Å². The molecule has 27 heavy (non-hydrogen) atoms. The van der Waals surface area contributed by atoms with Gasteiger partial charge in [-0.2, -0.15) is 4.99 Å². The van der Waals surface area contributed by atoms with Crippen LogP contribution in [0.15, 0.2) is 94.1 Å². The molecule has 2 aromatic carbocycles. The summed E-state index contributed by atoms with van der Waals surface area (Å²) >= 11 is 0. The molecule has 0 saturated heterocycles. The van der Waals surface area contributed by atoms with Crippen LogP contribution in [0, 0.1) is 12.7 Å². The van der Waals surface area contributed by atoms with E-state index < -0.39 is 15.7 Å². The van der Waals surface area contributed by atoms with Crippen LogP contribution in [0.4, 0.5) is 4.39 Å². The van der Waals surface area contributed by atoms with Crippen LogP contribution in [0.1, 0.15) is 11.1 Å². The summed E-state index contributed by atoms with van der Waals surface area (Å²) in [7, 11) is -3.90. The summed E-state index contributed by atoms with van der Waals surface area (Å²) in [5, 5.41) is 0. The minimum atomic E-state index is -3.90. The molecule has 4 rings (SSSR count). The van der Waals surface area contributed by atoms with E-state index in [1.807, 2.05) is 30.6 Å². The monoisotopic (exact) mass is 381 g/mol. The lowest BCUT2D eigenvalue weighted by molar-refractivity contribution is -0.743. The summed E-state index contributed by atoms with van der Waals surface area (Å²) in [6, 6.07) is 11.0. The molecule has 0 aliphatic carbocycles. The number of fused-ring (bicyclic) bond motifs is 1. The summed E-state index contributed by atoms with van der Waals surface area (Å²) in [5.74, 6) is 0.212. The number of rotatable bonds is 4. The van der Waals surface area contributed by atoms with Crippen molar-refractivity contribution < 1.29 is 17.3 Å². The van der Waals surface area contributed by atoms with Crippen molar-refractivity contribution in [2.45, 2.75) is 23.3 Å². The van der Waals surface area contributed by atoms with Crippen LogP contribution in [-0.4, -0.2) is 18.7 Å². The number of aliphatic imine (C=N–C) groups is 1. The highest BCUT2D eigenvalue weighted by Crippen LogP contribution is 2.28. The molecular weight excluding hydrogens is 363 g/mol. The summed E-state index contributed by atoms with van der Waals surface area (Å²) < 4.78 is 40.4. The van der Waals surface area contributed by atoms with Crippen molar-refractivity contribution in [2.24, 2.45) is 4.99 Å². The molecule has 0 amide bonds. The highest BCUT2D eigenvalue weighted by atomic mass is 32.2. The van der Waals surface area contributed by atoms with E-state index in [0.29, 0.717) is 16.6 Å². The van der Waals surface area contributed by atoms with Gasteiger partial charge in [0.25, 0.3) is 0 Å². The summed E-state index contributed by atoms with van der Waals surface area (Å²) in [6.45, 7) is 2.17. The Kier molecular flexibility index (Phi) is 4.17. The molecule has 4 nitrogen and oxygen atoms in total. The van der Waals surface area contributed by atoms with E-state index in [2.05, 4.69) is 4.99 Å². The number of aryl methyl sites for hydroxylation is 1. The van der Waals surface area contributed by atoms with E-state index >= 15 is 0 Å². The maximum absolute atomic E-state index is 14.3. The second kappa shape index (κ2) is 6.40. The number of hydrogen-bond acceptors (Lipinski definition) is 3. The molecule has 0 saturated carbocycles. The van der Waals surface area contributed by atoms with Crippen LogP contribution in [0.3, 0.4) is 0 Å². The molecule has 0 bridgehead atoms. The molecule has 0 radical (unpaired) electrons. The van der Waals surface area contributed by atoms with E-state index in [1.165, 1.54) is 18.2 Å². The summed E-state index contributed by atoms with van der Waals surface area (Å²) in [5.41, 5.74) is 1.26. The first-order chi connectivity index (χ1) is 12.9. The van der Waals surface area contributed by atoms with Gasteiger partial charge >= 0.3 is 0 Å². The lowest BCUT2D eigenvalue weighted by atomic mass is 10.1. The van der Waals surface area contributed by atoms with Crippen LogP contribution in [0.25, 0.3) is 0 Å². The Balaban J connectivity index is 1.64. The van der Waals surface area contributed by atoms with Crippen LogP contribution >= 0.6 is 0 Å². The second-order valence-electron chi connectivity index (χ2n) is 6.61. The molecule has 2 heterocycles. The predicted octanol–water partition coefficient (Wildman–Crippen LogP) is 4.25. The summed E-state index contributed by atoms with van der Waals surface area (Å²) in [4.78, 5) is 4.16. The van der Waals surface area contributed by atoms with Gasteiger partial charge in [0.15, 0.2) is 0 Å². The zero-order valence-corrected chi connectivity index (χ0v) is 15.5. The van der Waals surface area contributed by atoms with Crippen molar-refractivity contribution in [1.29, 1.82) is 0 Å². The smallest absolute Gasteiger partial charge is 0.218 e. The number of allylic oxidation sites excluding steroid dienone is 2. The first-order valence-electron chi connectivity index (χ1n) is 8.51. The van der Waals surface area contributed by atoms with Crippen molar-refractivity contribution >= 4 is 15.7 Å². The van der Waals surface area contributed by atoms with Crippen LogP contribution in [0.2, 0.25) is 0 Å². The largest absolute Gasteiger partial charge is 0.237 e. The molecule has 0 N–H and O–H groups in total. The second-order valence-corrected chi connectivity index (χ2v) is 8.53. The molecule has 1 unspecified atom stereocenters.